The number of carboxylic acids is 1. The fourth-order valence-corrected chi connectivity index (χ4v) is 4.45. The molecule has 4 rings (SSSR count). The number of nitrogens with zero attached hydrogens (tertiary/aromatic N) is 1. The van der Waals surface area contributed by atoms with Gasteiger partial charge >= 0.3 is 12.0 Å². The van der Waals surface area contributed by atoms with Gasteiger partial charge in [0.2, 0.25) is 0 Å². The minimum absolute atomic E-state index is 0.149. The topological polar surface area (TPSA) is 105 Å². The molecule has 0 spiro atoms. The molecule has 0 aromatic heterocycles. The van der Waals surface area contributed by atoms with Crippen LogP contribution in [0.3, 0.4) is 0 Å². The molecule has 1 saturated heterocycles. The van der Waals surface area contributed by atoms with E-state index in [2.05, 4.69) is 27.9 Å². The molecule has 0 atom stereocenters. The number of nitrogens with one attached hydrogen (secondary N) is 1. The highest BCUT2D eigenvalue weighted by molar-refractivity contribution is 14.1. The monoisotopic (exact) mass is 598 g/mol. The summed E-state index contributed by atoms with van der Waals surface area (Å²) in [5.41, 5.74) is 3.66. The minimum atomic E-state index is -1.01. The summed E-state index contributed by atoms with van der Waals surface area (Å²) in [6, 6.07) is 17.2. The third-order valence-corrected chi connectivity index (χ3v) is 6.34. The average molecular weight is 598 g/mol. The van der Waals surface area contributed by atoms with Crippen molar-refractivity contribution in [3.8, 4) is 11.5 Å². The molecule has 0 saturated carbocycles. The molecule has 36 heavy (non-hydrogen) atoms. The Morgan fingerprint density at radius 1 is 1.08 bits per heavy atom. The Morgan fingerprint density at radius 2 is 1.83 bits per heavy atom. The summed E-state index contributed by atoms with van der Waals surface area (Å²) in [7, 11) is 1.51. The van der Waals surface area contributed by atoms with Gasteiger partial charge in [0.05, 0.1) is 22.8 Å². The average Bonchev–Trinajstić information content (AvgIpc) is 3.11. The molecule has 3 aromatic carbocycles. The van der Waals surface area contributed by atoms with Crippen LogP contribution in [0.15, 0.2) is 66.4 Å². The lowest BCUT2D eigenvalue weighted by atomic mass is 10.1. The Kier molecular flexibility index (Phi) is 7.58. The molecule has 1 aliphatic rings. The zero-order valence-corrected chi connectivity index (χ0v) is 21.7. The predicted octanol–water partition coefficient (Wildman–Crippen LogP) is 4.98. The van der Waals surface area contributed by atoms with Crippen molar-refractivity contribution in [2.75, 3.05) is 7.11 Å². The first-order valence-electron chi connectivity index (χ1n) is 11.0. The summed E-state index contributed by atoms with van der Waals surface area (Å²) in [5, 5.41) is 11.8. The van der Waals surface area contributed by atoms with Crippen LogP contribution in [0.5, 0.6) is 11.5 Å². The number of hydrogen-bond donors (Lipinski definition) is 2. The largest absolute Gasteiger partial charge is 0.493 e. The van der Waals surface area contributed by atoms with Gasteiger partial charge in [-0.2, -0.15) is 0 Å². The maximum atomic E-state index is 12.9. The van der Waals surface area contributed by atoms with E-state index < -0.39 is 17.9 Å². The Bertz CT molecular complexity index is 1370. The van der Waals surface area contributed by atoms with Crippen molar-refractivity contribution < 1.29 is 29.0 Å². The molecule has 1 fully saturated rings. The lowest BCUT2D eigenvalue weighted by molar-refractivity contribution is -0.123. The highest BCUT2D eigenvalue weighted by Crippen LogP contribution is 2.35. The highest BCUT2D eigenvalue weighted by atomic mass is 127. The lowest BCUT2D eigenvalue weighted by Crippen LogP contribution is -2.30. The second-order valence-electron chi connectivity index (χ2n) is 8.19. The Labute approximate surface area is 221 Å². The standard InChI is InChI=1S/C27H23IN2O6/c1-16-6-8-17(9-7-16)14-30-25(31)22(29-27(30)34)12-19-11-21(28)24(23(13-19)35-2)36-15-18-4-3-5-20(10-18)26(32)33/h3-13H,14-15H2,1-2H3,(H,29,34)(H,32,33)/b22-12+. The lowest BCUT2D eigenvalue weighted by Gasteiger charge is -2.14. The molecule has 2 N–H and O–H groups in total. The van der Waals surface area contributed by atoms with Crippen molar-refractivity contribution >= 4 is 46.6 Å². The molecule has 0 radical (unpaired) electrons. The number of rotatable bonds is 8. The van der Waals surface area contributed by atoms with Crippen LogP contribution in [-0.4, -0.2) is 35.0 Å². The summed E-state index contributed by atoms with van der Waals surface area (Å²) in [6.45, 7) is 2.30. The molecular weight excluding hydrogens is 575 g/mol. The fraction of sp³-hybridized carbons (Fsp3) is 0.148. The maximum Gasteiger partial charge on any atom is 0.335 e. The Morgan fingerprint density at radius 3 is 2.53 bits per heavy atom. The number of halogens is 1. The number of aryl methyl sites for hydroxylation is 1. The number of imide groups is 1. The quantitative estimate of drug-likeness (QED) is 0.216. The van der Waals surface area contributed by atoms with E-state index in [9.17, 15) is 19.5 Å². The van der Waals surface area contributed by atoms with Crippen LogP contribution in [0.25, 0.3) is 6.08 Å². The van der Waals surface area contributed by atoms with E-state index in [1.54, 1.807) is 36.4 Å². The van der Waals surface area contributed by atoms with E-state index >= 15 is 0 Å². The third-order valence-electron chi connectivity index (χ3n) is 5.54. The van der Waals surface area contributed by atoms with Crippen molar-refractivity contribution in [1.82, 2.24) is 10.2 Å². The molecule has 1 heterocycles. The maximum absolute atomic E-state index is 12.9. The first-order chi connectivity index (χ1) is 17.2. The number of carbonyl (C=O) groups is 3. The van der Waals surface area contributed by atoms with Gasteiger partial charge in [0.25, 0.3) is 5.91 Å². The molecule has 184 valence electrons. The van der Waals surface area contributed by atoms with E-state index in [0.717, 1.165) is 14.7 Å². The number of amides is 3. The van der Waals surface area contributed by atoms with Gasteiger partial charge < -0.3 is 19.9 Å². The van der Waals surface area contributed by atoms with Gasteiger partial charge in [-0.1, -0.05) is 42.0 Å². The van der Waals surface area contributed by atoms with Crippen molar-refractivity contribution in [2.45, 2.75) is 20.1 Å². The van der Waals surface area contributed by atoms with Crippen molar-refractivity contribution in [1.29, 1.82) is 0 Å². The van der Waals surface area contributed by atoms with Crippen molar-refractivity contribution in [3.05, 3.63) is 97.7 Å². The number of ether oxygens (including phenoxy) is 2. The number of urea groups is 1. The number of carbonyl (C=O) groups excluding carboxylic acids is 2. The van der Waals surface area contributed by atoms with Crippen LogP contribution in [-0.2, 0) is 17.9 Å². The normalized spacial score (nSPS) is 14.2. The fourth-order valence-electron chi connectivity index (χ4n) is 3.67. The van der Waals surface area contributed by atoms with Gasteiger partial charge in [0, 0.05) is 0 Å². The molecule has 8 nitrogen and oxygen atoms in total. The van der Waals surface area contributed by atoms with Crippen LogP contribution in [0, 0.1) is 10.5 Å². The number of benzene rings is 3. The number of carboxylic acid groups (broad SMARTS) is 1. The smallest absolute Gasteiger partial charge is 0.335 e. The number of methoxy groups -OCH3 is 1. The molecule has 3 aromatic rings. The summed E-state index contributed by atoms with van der Waals surface area (Å²) >= 11 is 2.10. The first-order valence-corrected chi connectivity index (χ1v) is 12.1. The number of hydrogen-bond acceptors (Lipinski definition) is 5. The molecule has 0 bridgehead atoms. The first kappa shape index (κ1) is 25.2. The third kappa shape index (κ3) is 5.68. The van der Waals surface area contributed by atoms with Crippen LogP contribution in [0.1, 0.15) is 32.6 Å². The second-order valence-corrected chi connectivity index (χ2v) is 9.36. The Hall–Kier alpha value is -3.86. The van der Waals surface area contributed by atoms with Gasteiger partial charge in [-0.25, -0.2) is 9.59 Å². The summed E-state index contributed by atoms with van der Waals surface area (Å²) < 4.78 is 12.2. The van der Waals surface area contributed by atoms with Gasteiger partial charge in [-0.05, 0) is 76.5 Å². The van der Waals surface area contributed by atoms with E-state index in [1.165, 1.54) is 18.1 Å². The van der Waals surface area contributed by atoms with E-state index in [1.807, 2.05) is 31.2 Å². The zero-order valence-electron chi connectivity index (χ0n) is 19.6. The van der Waals surface area contributed by atoms with E-state index in [0.29, 0.717) is 22.6 Å². The summed E-state index contributed by atoms with van der Waals surface area (Å²) in [4.78, 5) is 37.7. The van der Waals surface area contributed by atoms with E-state index in [-0.39, 0.29) is 24.4 Å². The van der Waals surface area contributed by atoms with Crippen molar-refractivity contribution in [3.63, 3.8) is 0 Å². The zero-order chi connectivity index (χ0) is 25.8. The number of aromatic carboxylic acids is 1. The van der Waals surface area contributed by atoms with Gasteiger partial charge in [0.1, 0.15) is 12.3 Å². The van der Waals surface area contributed by atoms with Gasteiger partial charge in [-0.15, -0.1) is 0 Å². The SMILES string of the molecule is COc1cc(/C=C2/NC(=O)N(Cc3ccc(C)cc3)C2=O)cc(I)c1OCc1cccc(C(=O)O)c1. The molecule has 3 amide bonds. The molecular formula is C27H23IN2O6. The van der Waals surface area contributed by atoms with Gasteiger partial charge in [0.15, 0.2) is 11.5 Å². The van der Waals surface area contributed by atoms with E-state index in [4.69, 9.17) is 9.47 Å². The highest BCUT2D eigenvalue weighted by Gasteiger charge is 2.33. The molecule has 9 heteroatoms. The van der Waals surface area contributed by atoms with Gasteiger partial charge in [-0.3, -0.25) is 9.69 Å². The second kappa shape index (κ2) is 10.8. The molecule has 0 aliphatic carbocycles. The summed E-state index contributed by atoms with van der Waals surface area (Å²) in [5.74, 6) is -0.485. The van der Waals surface area contributed by atoms with Crippen molar-refractivity contribution in [2.24, 2.45) is 0 Å². The van der Waals surface area contributed by atoms with Crippen LogP contribution < -0.4 is 14.8 Å². The Balaban J connectivity index is 1.52. The van der Waals surface area contributed by atoms with Crippen LogP contribution in [0.2, 0.25) is 0 Å². The summed E-state index contributed by atoms with van der Waals surface area (Å²) in [6.07, 6.45) is 1.60. The molecule has 1 aliphatic heterocycles. The van der Waals surface area contributed by atoms with Crippen LogP contribution in [0.4, 0.5) is 4.79 Å². The predicted molar refractivity (Wildman–Crippen MR) is 142 cm³/mol. The molecule has 0 unspecified atom stereocenters. The van der Waals surface area contributed by atoms with Crippen LogP contribution >= 0.6 is 22.6 Å². The minimum Gasteiger partial charge on any atom is -0.493 e.